The Balaban J connectivity index is 1.64. The molecule has 1 aromatic carbocycles. The predicted molar refractivity (Wildman–Crippen MR) is 87.3 cm³/mol. The molecule has 2 aromatic rings. The van der Waals surface area contributed by atoms with Gasteiger partial charge in [0.25, 0.3) is 0 Å². The van der Waals surface area contributed by atoms with Crippen molar-refractivity contribution in [1.29, 1.82) is 0 Å². The van der Waals surface area contributed by atoms with Gasteiger partial charge in [-0.15, -0.1) is 0 Å². The summed E-state index contributed by atoms with van der Waals surface area (Å²) in [7, 11) is 1.76. The van der Waals surface area contributed by atoms with Gasteiger partial charge >= 0.3 is 5.69 Å². The van der Waals surface area contributed by atoms with Gasteiger partial charge in [-0.1, -0.05) is 0 Å². The molecule has 7 heteroatoms. The molecule has 1 aromatic heterocycles. The zero-order valence-electron chi connectivity index (χ0n) is 13.4. The third-order valence-electron chi connectivity index (χ3n) is 4.77. The number of hydrogen-bond donors (Lipinski definition) is 0. The minimum absolute atomic E-state index is 0.269. The van der Waals surface area contributed by atoms with E-state index < -0.39 is 11.6 Å². The highest BCUT2D eigenvalue weighted by atomic mass is 19.1. The summed E-state index contributed by atoms with van der Waals surface area (Å²) in [4.78, 5) is 20.4. The van der Waals surface area contributed by atoms with E-state index >= 15 is 0 Å². The van der Waals surface area contributed by atoms with Gasteiger partial charge in [-0.05, 0) is 30.5 Å². The van der Waals surface area contributed by atoms with Gasteiger partial charge in [-0.25, -0.2) is 13.6 Å². The Morgan fingerprint density at radius 3 is 2.75 bits per heavy atom. The normalized spacial score (nSPS) is 18.6. The summed E-state index contributed by atoms with van der Waals surface area (Å²) in [5.41, 5.74) is 0.227. The van der Waals surface area contributed by atoms with Gasteiger partial charge in [0.15, 0.2) is 0 Å². The van der Waals surface area contributed by atoms with Crippen molar-refractivity contribution in [2.45, 2.75) is 32.0 Å². The standard InChI is InChI=1S/C17H18F2N4O/c1-21(9-11-5-12(18)7-13(19)6-11)15-8-16-22-4-2-3-14(22)10-23(16)17(24)20-15/h5-8,14H,2-4,9-10H2,1H3/t14-/m0/s1. The Labute approximate surface area is 138 Å². The summed E-state index contributed by atoms with van der Waals surface area (Å²) in [6.07, 6.45) is 2.23. The minimum Gasteiger partial charge on any atom is -0.355 e. The molecule has 1 saturated heterocycles. The smallest absolute Gasteiger partial charge is 0.351 e. The first kappa shape index (κ1) is 15.1. The van der Waals surface area contributed by atoms with Crippen molar-refractivity contribution in [3.8, 4) is 0 Å². The molecule has 0 saturated carbocycles. The second kappa shape index (κ2) is 5.58. The topological polar surface area (TPSA) is 41.4 Å². The van der Waals surface area contributed by atoms with Gasteiger partial charge in [0.2, 0.25) is 0 Å². The van der Waals surface area contributed by atoms with Crippen LogP contribution in [0, 0.1) is 11.6 Å². The van der Waals surface area contributed by atoms with E-state index in [4.69, 9.17) is 0 Å². The summed E-state index contributed by atoms with van der Waals surface area (Å²) in [6, 6.07) is 5.70. The Morgan fingerprint density at radius 2 is 2.00 bits per heavy atom. The molecule has 126 valence electrons. The maximum Gasteiger partial charge on any atom is 0.351 e. The number of aromatic nitrogens is 2. The van der Waals surface area contributed by atoms with Crippen LogP contribution in [0.4, 0.5) is 20.4 Å². The molecule has 0 spiro atoms. The quantitative estimate of drug-likeness (QED) is 0.864. The van der Waals surface area contributed by atoms with Crippen molar-refractivity contribution in [2.75, 3.05) is 23.4 Å². The maximum absolute atomic E-state index is 13.3. The van der Waals surface area contributed by atoms with Crippen molar-refractivity contribution < 1.29 is 8.78 Å². The van der Waals surface area contributed by atoms with Crippen LogP contribution in [0.25, 0.3) is 0 Å². The molecule has 24 heavy (non-hydrogen) atoms. The summed E-state index contributed by atoms with van der Waals surface area (Å²) < 4.78 is 28.4. The Bertz CT molecular complexity index is 831. The average molecular weight is 332 g/mol. The van der Waals surface area contributed by atoms with Crippen molar-refractivity contribution in [2.24, 2.45) is 0 Å². The van der Waals surface area contributed by atoms with E-state index in [0.29, 0.717) is 24.0 Å². The first-order valence-corrected chi connectivity index (χ1v) is 8.06. The summed E-state index contributed by atoms with van der Waals surface area (Å²) in [5.74, 6) is 0.189. The lowest BCUT2D eigenvalue weighted by molar-refractivity contribution is 0.579. The third kappa shape index (κ3) is 2.53. The highest BCUT2D eigenvalue weighted by Crippen LogP contribution is 2.33. The molecule has 0 aliphatic carbocycles. The van der Waals surface area contributed by atoms with Crippen LogP contribution >= 0.6 is 0 Å². The van der Waals surface area contributed by atoms with E-state index in [1.165, 1.54) is 12.1 Å². The van der Waals surface area contributed by atoms with E-state index in [2.05, 4.69) is 9.88 Å². The molecule has 0 bridgehead atoms. The van der Waals surface area contributed by atoms with Crippen LogP contribution in [0.1, 0.15) is 18.4 Å². The van der Waals surface area contributed by atoms with Gasteiger partial charge in [0.1, 0.15) is 23.3 Å². The van der Waals surface area contributed by atoms with Gasteiger partial charge in [-0.3, -0.25) is 4.57 Å². The van der Waals surface area contributed by atoms with E-state index in [9.17, 15) is 13.6 Å². The van der Waals surface area contributed by atoms with Crippen molar-refractivity contribution in [3.63, 3.8) is 0 Å². The third-order valence-corrected chi connectivity index (χ3v) is 4.77. The van der Waals surface area contributed by atoms with Crippen LogP contribution in [0.5, 0.6) is 0 Å². The van der Waals surface area contributed by atoms with Crippen molar-refractivity contribution in [3.05, 3.63) is 51.9 Å². The number of benzene rings is 1. The molecule has 0 unspecified atom stereocenters. The lowest BCUT2D eigenvalue weighted by atomic mass is 10.2. The maximum atomic E-state index is 13.3. The Kier molecular flexibility index (Phi) is 3.51. The molecular formula is C17H18F2N4O. The molecule has 1 fully saturated rings. The molecule has 2 aliphatic heterocycles. The summed E-state index contributed by atoms with van der Waals surface area (Å²) in [5, 5.41) is 0. The van der Waals surface area contributed by atoms with Crippen LogP contribution in [0.2, 0.25) is 0 Å². The van der Waals surface area contributed by atoms with Crippen LogP contribution in [0.15, 0.2) is 29.1 Å². The summed E-state index contributed by atoms with van der Waals surface area (Å²) >= 11 is 0. The Hall–Kier alpha value is -2.44. The number of rotatable bonds is 3. The second-order valence-corrected chi connectivity index (χ2v) is 6.49. The van der Waals surface area contributed by atoms with Crippen LogP contribution in [0.3, 0.4) is 0 Å². The van der Waals surface area contributed by atoms with Crippen LogP contribution in [-0.2, 0) is 13.1 Å². The van der Waals surface area contributed by atoms with Crippen molar-refractivity contribution >= 4 is 11.6 Å². The SMILES string of the molecule is CN(Cc1cc(F)cc(F)c1)c1cc2n(c(=O)n1)C[C@@H]1CCCN21. The van der Waals surface area contributed by atoms with Gasteiger partial charge in [0, 0.05) is 44.9 Å². The average Bonchev–Trinajstić information content (AvgIpc) is 3.07. The molecule has 3 heterocycles. The zero-order valence-corrected chi connectivity index (χ0v) is 13.4. The molecule has 5 nitrogen and oxygen atoms in total. The molecular weight excluding hydrogens is 314 g/mol. The van der Waals surface area contributed by atoms with Gasteiger partial charge in [0.05, 0.1) is 0 Å². The number of hydrogen-bond acceptors (Lipinski definition) is 4. The van der Waals surface area contributed by atoms with Gasteiger partial charge < -0.3 is 9.80 Å². The monoisotopic (exact) mass is 332 g/mol. The van der Waals surface area contributed by atoms with E-state index in [1.54, 1.807) is 16.5 Å². The minimum atomic E-state index is -0.611. The lowest BCUT2D eigenvalue weighted by Crippen LogP contribution is -2.27. The van der Waals surface area contributed by atoms with E-state index in [1.807, 2.05) is 6.07 Å². The first-order valence-electron chi connectivity index (χ1n) is 8.06. The molecule has 1 atom stereocenters. The first-order chi connectivity index (χ1) is 11.5. The van der Waals surface area contributed by atoms with Gasteiger partial charge in [-0.2, -0.15) is 4.98 Å². The Morgan fingerprint density at radius 1 is 1.25 bits per heavy atom. The lowest BCUT2D eigenvalue weighted by Gasteiger charge is -2.21. The van der Waals surface area contributed by atoms with E-state index in [-0.39, 0.29) is 12.2 Å². The molecule has 0 N–H and O–H groups in total. The number of fused-ring (bicyclic) bond motifs is 3. The van der Waals surface area contributed by atoms with Crippen LogP contribution in [-0.4, -0.2) is 29.2 Å². The fourth-order valence-corrected chi connectivity index (χ4v) is 3.68. The number of anilines is 2. The number of halogens is 2. The second-order valence-electron chi connectivity index (χ2n) is 6.49. The fraction of sp³-hybridized carbons (Fsp3) is 0.412. The molecule has 2 aliphatic rings. The molecule has 0 radical (unpaired) electrons. The molecule has 0 amide bonds. The van der Waals surface area contributed by atoms with Crippen LogP contribution < -0.4 is 15.5 Å². The predicted octanol–water partition coefficient (Wildman–Crippen LogP) is 2.14. The summed E-state index contributed by atoms with van der Waals surface area (Å²) in [6.45, 7) is 1.92. The highest BCUT2D eigenvalue weighted by Gasteiger charge is 2.34. The zero-order chi connectivity index (χ0) is 16.8. The largest absolute Gasteiger partial charge is 0.355 e. The van der Waals surface area contributed by atoms with E-state index in [0.717, 1.165) is 31.3 Å². The molecule has 4 rings (SSSR count). The highest BCUT2D eigenvalue weighted by molar-refractivity contribution is 5.54. The van der Waals surface area contributed by atoms with Crippen molar-refractivity contribution in [1.82, 2.24) is 9.55 Å². The fourth-order valence-electron chi connectivity index (χ4n) is 3.68. The number of nitrogens with zero attached hydrogens (tertiary/aromatic N) is 4.